The maximum Gasteiger partial charge on any atom is 0.244 e. The Bertz CT molecular complexity index is 575. The predicted molar refractivity (Wildman–Crippen MR) is 85.3 cm³/mol. The number of benzene rings is 1. The van der Waals surface area contributed by atoms with Gasteiger partial charge >= 0.3 is 0 Å². The van der Waals surface area contributed by atoms with Crippen molar-refractivity contribution in [3.63, 3.8) is 0 Å². The van der Waals surface area contributed by atoms with E-state index in [1.54, 1.807) is 7.05 Å². The fourth-order valence-electron chi connectivity index (χ4n) is 1.71. The maximum absolute atomic E-state index is 12.5. The second kappa shape index (κ2) is 7.32. The first-order valence-electron chi connectivity index (χ1n) is 6.24. The number of hydrogen-bond acceptors (Lipinski definition) is 2. The van der Waals surface area contributed by atoms with E-state index in [4.69, 9.17) is 34.8 Å². The lowest BCUT2D eigenvalue weighted by molar-refractivity contribution is 0.393. The Morgan fingerprint density at radius 1 is 1.25 bits per heavy atom. The Balaban J connectivity index is 3.21. The van der Waals surface area contributed by atoms with Crippen LogP contribution < -0.4 is 0 Å². The third kappa shape index (κ3) is 4.01. The summed E-state index contributed by atoms with van der Waals surface area (Å²) in [5.41, 5.74) is 0.549. The van der Waals surface area contributed by atoms with Crippen LogP contribution in [0.3, 0.4) is 0 Å². The molecule has 0 amide bonds. The Labute approximate surface area is 135 Å². The lowest BCUT2D eigenvalue weighted by atomic mass is 10.1. The number of rotatable bonds is 6. The van der Waals surface area contributed by atoms with Crippen molar-refractivity contribution in [2.24, 2.45) is 5.92 Å². The molecule has 1 aromatic carbocycles. The number of nitrogens with zero attached hydrogens (tertiary/aromatic N) is 1. The van der Waals surface area contributed by atoms with Crippen LogP contribution in [-0.4, -0.2) is 26.3 Å². The van der Waals surface area contributed by atoms with E-state index in [2.05, 4.69) is 0 Å². The van der Waals surface area contributed by atoms with Crippen LogP contribution in [0.5, 0.6) is 0 Å². The monoisotopic (exact) mass is 357 g/mol. The van der Waals surface area contributed by atoms with Crippen molar-refractivity contribution < 1.29 is 8.42 Å². The molecule has 1 aromatic rings. The fraction of sp³-hybridized carbons (Fsp3) is 0.538. The highest BCUT2D eigenvalue weighted by Gasteiger charge is 2.25. The average molecular weight is 359 g/mol. The van der Waals surface area contributed by atoms with E-state index < -0.39 is 10.0 Å². The molecule has 0 aromatic heterocycles. The summed E-state index contributed by atoms with van der Waals surface area (Å²) in [5.74, 6) is 0.404. The van der Waals surface area contributed by atoms with Gasteiger partial charge in [-0.25, -0.2) is 12.7 Å². The minimum Gasteiger partial charge on any atom is -0.207 e. The van der Waals surface area contributed by atoms with Crippen molar-refractivity contribution >= 4 is 44.8 Å². The summed E-state index contributed by atoms with van der Waals surface area (Å²) < 4.78 is 26.4. The van der Waals surface area contributed by atoms with Crippen molar-refractivity contribution in [2.45, 2.75) is 31.0 Å². The highest BCUT2D eigenvalue weighted by Crippen LogP contribution is 2.31. The van der Waals surface area contributed by atoms with Gasteiger partial charge in [0.1, 0.15) is 4.90 Å². The van der Waals surface area contributed by atoms with E-state index in [1.165, 1.54) is 16.4 Å². The van der Waals surface area contributed by atoms with E-state index in [1.807, 2.05) is 13.8 Å². The molecule has 0 fully saturated rings. The molecule has 0 N–H and O–H groups in total. The average Bonchev–Trinajstić information content (AvgIpc) is 2.38. The van der Waals surface area contributed by atoms with Gasteiger partial charge in [0.2, 0.25) is 10.0 Å². The van der Waals surface area contributed by atoms with E-state index in [0.717, 1.165) is 6.42 Å². The Morgan fingerprint density at radius 3 is 2.35 bits per heavy atom. The summed E-state index contributed by atoms with van der Waals surface area (Å²) in [4.78, 5) is 0.0463. The highest BCUT2D eigenvalue weighted by molar-refractivity contribution is 7.89. The predicted octanol–water partition coefficient (Wildman–Crippen LogP) is 4.40. The van der Waals surface area contributed by atoms with Crippen molar-refractivity contribution in [1.82, 2.24) is 4.31 Å². The lowest BCUT2D eigenvalue weighted by Gasteiger charge is -2.21. The Kier molecular flexibility index (Phi) is 6.61. The summed E-state index contributed by atoms with van der Waals surface area (Å²) in [7, 11) is -2.09. The molecular weight excluding hydrogens is 341 g/mol. The van der Waals surface area contributed by atoms with Crippen LogP contribution in [0, 0.1) is 5.92 Å². The molecule has 0 aliphatic heterocycles. The first-order chi connectivity index (χ1) is 9.23. The third-order valence-electron chi connectivity index (χ3n) is 3.20. The minimum atomic E-state index is -3.64. The van der Waals surface area contributed by atoms with Gasteiger partial charge in [-0.15, -0.1) is 11.6 Å². The fourth-order valence-corrected chi connectivity index (χ4v) is 4.12. The summed E-state index contributed by atoms with van der Waals surface area (Å²) >= 11 is 17.7. The summed E-state index contributed by atoms with van der Waals surface area (Å²) in [6.45, 7) is 4.46. The SMILES string of the molecule is CCC(C)CN(C)S(=O)(=O)c1cc(CCl)c(Cl)cc1Cl. The molecule has 0 radical (unpaired) electrons. The largest absolute Gasteiger partial charge is 0.244 e. The van der Waals surface area contributed by atoms with Gasteiger partial charge < -0.3 is 0 Å². The van der Waals surface area contributed by atoms with Crippen LogP contribution in [0.2, 0.25) is 10.0 Å². The van der Waals surface area contributed by atoms with E-state index in [0.29, 0.717) is 17.1 Å². The molecule has 0 saturated heterocycles. The van der Waals surface area contributed by atoms with E-state index in [-0.39, 0.29) is 21.7 Å². The van der Waals surface area contributed by atoms with Gasteiger partial charge in [-0.05, 0) is 23.6 Å². The third-order valence-corrected chi connectivity index (χ3v) is 6.13. The second-order valence-electron chi connectivity index (χ2n) is 4.81. The van der Waals surface area contributed by atoms with Gasteiger partial charge in [0.25, 0.3) is 0 Å². The molecule has 3 nitrogen and oxygen atoms in total. The van der Waals surface area contributed by atoms with Crippen molar-refractivity contribution in [2.75, 3.05) is 13.6 Å². The van der Waals surface area contributed by atoms with Gasteiger partial charge in [0, 0.05) is 24.5 Å². The van der Waals surface area contributed by atoms with Crippen LogP contribution in [-0.2, 0) is 15.9 Å². The molecule has 1 unspecified atom stereocenters. The Hall–Kier alpha value is -0.000000000000000111. The molecular formula is C13H18Cl3NO2S. The summed E-state index contributed by atoms with van der Waals surface area (Å²) in [6, 6.07) is 2.87. The minimum absolute atomic E-state index is 0.0463. The van der Waals surface area contributed by atoms with Crippen LogP contribution in [0.4, 0.5) is 0 Å². The lowest BCUT2D eigenvalue weighted by Crippen LogP contribution is -2.31. The summed E-state index contributed by atoms with van der Waals surface area (Å²) in [5, 5.41) is 0.480. The first kappa shape index (κ1) is 18.1. The molecule has 1 atom stereocenters. The standard InChI is InChI=1S/C13H18Cl3NO2S/c1-4-9(2)8-17(3)20(18,19)13-5-10(7-14)11(15)6-12(13)16/h5-6,9H,4,7-8H2,1-3H3. The van der Waals surface area contributed by atoms with Gasteiger partial charge in [0.05, 0.1) is 5.02 Å². The maximum atomic E-state index is 12.5. The second-order valence-corrected chi connectivity index (χ2v) is 7.90. The molecule has 0 bridgehead atoms. The number of sulfonamides is 1. The van der Waals surface area contributed by atoms with E-state index in [9.17, 15) is 8.42 Å². The van der Waals surface area contributed by atoms with Crippen molar-refractivity contribution in [3.05, 3.63) is 27.7 Å². The molecule has 1 rings (SSSR count). The molecule has 0 saturated carbocycles. The zero-order chi connectivity index (χ0) is 15.5. The zero-order valence-electron chi connectivity index (χ0n) is 11.7. The Morgan fingerprint density at radius 2 is 1.85 bits per heavy atom. The zero-order valence-corrected chi connectivity index (χ0v) is 14.7. The smallest absolute Gasteiger partial charge is 0.207 e. The molecule has 0 heterocycles. The topological polar surface area (TPSA) is 37.4 Å². The molecule has 0 aliphatic rings. The highest BCUT2D eigenvalue weighted by atomic mass is 35.5. The van der Waals surface area contributed by atoms with Crippen LogP contribution >= 0.6 is 34.8 Å². The van der Waals surface area contributed by atoms with Crippen LogP contribution in [0.15, 0.2) is 17.0 Å². The van der Waals surface area contributed by atoms with Crippen molar-refractivity contribution in [3.8, 4) is 0 Å². The number of hydrogen-bond donors (Lipinski definition) is 0. The first-order valence-corrected chi connectivity index (χ1v) is 8.97. The van der Waals surface area contributed by atoms with Crippen molar-refractivity contribution in [1.29, 1.82) is 0 Å². The van der Waals surface area contributed by atoms with E-state index >= 15 is 0 Å². The molecule has 7 heteroatoms. The van der Waals surface area contributed by atoms with Gasteiger partial charge in [-0.2, -0.15) is 0 Å². The molecule has 20 heavy (non-hydrogen) atoms. The van der Waals surface area contributed by atoms with Gasteiger partial charge in [-0.1, -0.05) is 43.5 Å². The number of alkyl halides is 1. The van der Waals surface area contributed by atoms with Gasteiger partial charge in [0.15, 0.2) is 0 Å². The molecule has 0 aliphatic carbocycles. The number of halogens is 3. The van der Waals surface area contributed by atoms with Crippen LogP contribution in [0.25, 0.3) is 0 Å². The van der Waals surface area contributed by atoms with Crippen LogP contribution in [0.1, 0.15) is 25.8 Å². The van der Waals surface area contributed by atoms with Gasteiger partial charge in [-0.3, -0.25) is 0 Å². The molecule has 0 spiro atoms. The molecule has 114 valence electrons. The summed E-state index contributed by atoms with van der Waals surface area (Å²) in [6.07, 6.45) is 0.904. The normalized spacial score (nSPS) is 13.8. The quantitative estimate of drug-likeness (QED) is 0.707.